The fourth-order valence-corrected chi connectivity index (χ4v) is 1.06. The Morgan fingerprint density at radius 2 is 2.33 bits per heavy atom. The van der Waals surface area contributed by atoms with Crippen LogP contribution in [0.1, 0.15) is 19.5 Å². The van der Waals surface area contributed by atoms with Crippen molar-refractivity contribution in [3.8, 4) is 0 Å². The molecule has 0 amide bonds. The van der Waals surface area contributed by atoms with Crippen LogP contribution in [0, 0.1) is 5.92 Å². The summed E-state index contributed by atoms with van der Waals surface area (Å²) in [4.78, 5) is 0. The summed E-state index contributed by atoms with van der Waals surface area (Å²) in [7, 11) is 1.96. The predicted octanol–water partition coefficient (Wildman–Crippen LogP) is 1.17. The molecule has 0 bridgehead atoms. The van der Waals surface area contributed by atoms with Crippen LogP contribution < -0.4 is 5.32 Å². The van der Waals surface area contributed by atoms with E-state index in [0.29, 0.717) is 5.92 Å². The molecule has 1 aromatic rings. The molecule has 0 aliphatic rings. The first-order chi connectivity index (χ1) is 5.70. The summed E-state index contributed by atoms with van der Waals surface area (Å²) in [5, 5.41) is 7.46. The summed E-state index contributed by atoms with van der Waals surface area (Å²) in [6, 6.07) is 2.04. The zero-order chi connectivity index (χ0) is 8.97. The molecule has 0 unspecified atom stereocenters. The van der Waals surface area contributed by atoms with Crippen molar-refractivity contribution in [3.05, 3.63) is 18.0 Å². The van der Waals surface area contributed by atoms with Crippen molar-refractivity contribution < 1.29 is 0 Å². The minimum absolute atomic E-state index is 0.707. The highest BCUT2D eigenvalue weighted by molar-refractivity contribution is 4.98. The van der Waals surface area contributed by atoms with Crippen molar-refractivity contribution >= 4 is 0 Å². The molecule has 1 heterocycles. The molecule has 0 fully saturated rings. The number of aromatic nitrogens is 2. The molecule has 0 spiro atoms. The third-order valence-corrected chi connectivity index (χ3v) is 1.78. The minimum Gasteiger partial charge on any atom is -0.311 e. The Hall–Kier alpha value is -0.830. The van der Waals surface area contributed by atoms with Gasteiger partial charge >= 0.3 is 0 Å². The number of nitrogens with one attached hydrogen (secondary N) is 1. The number of hydrogen-bond acceptors (Lipinski definition) is 2. The number of rotatable bonds is 4. The minimum atomic E-state index is 0.707. The topological polar surface area (TPSA) is 29.9 Å². The van der Waals surface area contributed by atoms with Gasteiger partial charge in [0.05, 0.1) is 5.69 Å². The summed E-state index contributed by atoms with van der Waals surface area (Å²) in [5.74, 6) is 0.707. The smallest absolute Gasteiger partial charge is 0.0518 e. The molecule has 0 saturated heterocycles. The van der Waals surface area contributed by atoms with Crippen molar-refractivity contribution in [2.75, 3.05) is 6.54 Å². The Kier molecular flexibility index (Phi) is 3.29. The van der Waals surface area contributed by atoms with Gasteiger partial charge in [-0.25, -0.2) is 0 Å². The van der Waals surface area contributed by atoms with Crippen molar-refractivity contribution in [1.82, 2.24) is 15.1 Å². The van der Waals surface area contributed by atoms with E-state index in [2.05, 4.69) is 24.3 Å². The maximum atomic E-state index is 4.09. The molecule has 3 heteroatoms. The van der Waals surface area contributed by atoms with Crippen LogP contribution in [0.5, 0.6) is 0 Å². The second kappa shape index (κ2) is 4.26. The van der Waals surface area contributed by atoms with E-state index in [1.54, 1.807) is 0 Å². The van der Waals surface area contributed by atoms with Crippen LogP contribution in [0.25, 0.3) is 0 Å². The largest absolute Gasteiger partial charge is 0.311 e. The lowest BCUT2D eigenvalue weighted by Gasteiger charge is -2.06. The van der Waals surface area contributed by atoms with Crippen LogP contribution in [0.2, 0.25) is 0 Å². The van der Waals surface area contributed by atoms with Crippen LogP contribution in [0.3, 0.4) is 0 Å². The maximum Gasteiger partial charge on any atom is 0.0518 e. The van der Waals surface area contributed by atoms with Crippen molar-refractivity contribution in [1.29, 1.82) is 0 Å². The lowest BCUT2D eigenvalue weighted by atomic mass is 10.2. The Bertz CT molecular complexity index is 227. The second-order valence-corrected chi connectivity index (χ2v) is 3.47. The van der Waals surface area contributed by atoms with Gasteiger partial charge in [-0.2, -0.15) is 5.10 Å². The van der Waals surface area contributed by atoms with Crippen molar-refractivity contribution in [2.24, 2.45) is 13.0 Å². The molecule has 0 aromatic carbocycles. The van der Waals surface area contributed by atoms with Gasteiger partial charge < -0.3 is 5.32 Å². The molecular weight excluding hydrogens is 150 g/mol. The fourth-order valence-electron chi connectivity index (χ4n) is 1.06. The summed E-state index contributed by atoms with van der Waals surface area (Å²) in [6.45, 7) is 6.38. The summed E-state index contributed by atoms with van der Waals surface area (Å²) in [5.41, 5.74) is 1.23. The standard InChI is InChI=1S/C9H17N3/c1-8(2)6-10-7-9-4-5-11-12(9)3/h4-5,8,10H,6-7H2,1-3H3. The van der Waals surface area contributed by atoms with Gasteiger partial charge in [0.15, 0.2) is 0 Å². The molecule has 1 aromatic heterocycles. The third-order valence-electron chi connectivity index (χ3n) is 1.78. The highest BCUT2D eigenvalue weighted by atomic mass is 15.3. The number of nitrogens with zero attached hydrogens (tertiary/aromatic N) is 2. The summed E-state index contributed by atoms with van der Waals surface area (Å²) in [6.07, 6.45) is 1.83. The lowest BCUT2D eigenvalue weighted by molar-refractivity contribution is 0.536. The molecule has 1 rings (SSSR count). The monoisotopic (exact) mass is 167 g/mol. The molecular formula is C9H17N3. The molecule has 0 saturated carbocycles. The quantitative estimate of drug-likeness (QED) is 0.729. The zero-order valence-corrected chi connectivity index (χ0v) is 8.04. The van der Waals surface area contributed by atoms with Gasteiger partial charge in [0, 0.05) is 19.8 Å². The summed E-state index contributed by atoms with van der Waals surface area (Å²) < 4.78 is 1.90. The number of hydrogen-bond donors (Lipinski definition) is 1. The van der Waals surface area contributed by atoms with E-state index in [-0.39, 0.29) is 0 Å². The fraction of sp³-hybridized carbons (Fsp3) is 0.667. The van der Waals surface area contributed by atoms with Crippen LogP contribution >= 0.6 is 0 Å². The second-order valence-electron chi connectivity index (χ2n) is 3.47. The Labute approximate surface area is 73.8 Å². The van der Waals surface area contributed by atoms with E-state index in [1.165, 1.54) is 5.69 Å². The third kappa shape index (κ3) is 2.66. The maximum absolute atomic E-state index is 4.09. The van der Waals surface area contributed by atoms with Gasteiger partial charge in [0.2, 0.25) is 0 Å². The first-order valence-electron chi connectivity index (χ1n) is 4.37. The Balaban J connectivity index is 2.29. The van der Waals surface area contributed by atoms with Crippen LogP contribution in [-0.4, -0.2) is 16.3 Å². The van der Waals surface area contributed by atoms with Crippen LogP contribution in [-0.2, 0) is 13.6 Å². The van der Waals surface area contributed by atoms with E-state index in [0.717, 1.165) is 13.1 Å². The zero-order valence-electron chi connectivity index (χ0n) is 8.04. The van der Waals surface area contributed by atoms with Gasteiger partial charge in [0.1, 0.15) is 0 Å². The molecule has 0 aliphatic heterocycles. The van der Waals surface area contributed by atoms with Gasteiger partial charge in [-0.05, 0) is 18.5 Å². The van der Waals surface area contributed by atoms with Crippen molar-refractivity contribution in [2.45, 2.75) is 20.4 Å². The number of aryl methyl sites for hydroxylation is 1. The Morgan fingerprint density at radius 3 is 2.83 bits per heavy atom. The highest BCUT2D eigenvalue weighted by Gasteiger charge is 1.97. The van der Waals surface area contributed by atoms with Crippen LogP contribution in [0.15, 0.2) is 12.3 Å². The Morgan fingerprint density at radius 1 is 1.58 bits per heavy atom. The van der Waals surface area contributed by atoms with Gasteiger partial charge in [-0.1, -0.05) is 13.8 Å². The summed E-state index contributed by atoms with van der Waals surface area (Å²) >= 11 is 0. The SMILES string of the molecule is CC(C)CNCc1ccnn1C. The van der Waals surface area contributed by atoms with Gasteiger partial charge in [-0.15, -0.1) is 0 Å². The molecule has 0 atom stereocenters. The van der Waals surface area contributed by atoms with Gasteiger partial charge in [0.25, 0.3) is 0 Å². The van der Waals surface area contributed by atoms with E-state index < -0.39 is 0 Å². The first-order valence-corrected chi connectivity index (χ1v) is 4.37. The molecule has 0 radical (unpaired) electrons. The average Bonchev–Trinajstić information content (AvgIpc) is 2.36. The van der Waals surface area contributed by atoms with E-state index in [9.17, 15) is 0 Å². The normalized spacial score (nSPS) is 11.0. The van der Waals surface area contributed by atoms with Gasteiger partial charge in [-0.3, -0.25) is 4.68 Å². The molecule has 0 aliphatic carbocycles. The first kappa shape index (κ1) is 9.26. The van der Waals surface area contributed by atoms with E-state index in [4.69, 9.17) is 0 Å². The van der Waals surface area contributed by atoms with Crippen molar-refractivity contribution in [3.63, 3.8) is 0 Å². The van der Waals surface area contributed by atoms with E-state index >= 15 is 0 Å². The molecule has 1 N–H and O–H groups in total. The lowest BCUT2D eigenvalue weighted by Crippen LogP contribution is -2.20. The predicted molar refractivity (Wildman–Crippen MR) is 49.8 cm³/mol. The molecule has 3 nitrogen and oxygen atoms in total. The van der Waals surface area contributed by atoms with E-state index in [1.807, 2.05) is 24.0 Å². The molecule has 68 valence electrons. The highest BCUT2D eigenvalue weighted by Crippen LogP contribution is 1.95. The average molecular weight is 167 g/mol. The molecule has 12 heavy (non-hydrogen) atoms. The van der Waals surface area contributed by atoms with Crippen LogP contribution in [0.4, 0.5) is 0 Å².